The lowest BCUT2D eigenvalue weighted by Crippen LogP contribution is -2.47. The van der Waals surface area contributed by atoms with Crippen LogP contribution in [-0.4, -0.2) is 28.7 Å². The molecule has 4 nitrogen and oxygen atoms in total. The summed E-state index contributed by atoms with van der Waals surface area (Å²) in [6.07, 6.45) is 5.90. The van der Waals surface area contributed by atoms with Crippen molar-refractivity contribution in [2.24, 2.45) is 0 Å². The first-order valence-electron chi connectivity index (χ1n) is 10.7. The van der Waals surface area contributed by atoms with Crippen molar-refractivity contribution in [2.75, 3.05) is 13.2 Å². The summed E-state index contributed by atoms with van der Waals surface area (Å²) < 4.78 is 44.3. The highest BCUT2D eigenvalue weighted by molar-refractivity contribution is 5.21. The van der Waals surface area contributed by atoms with E-state index >= 15 is 0 Å². The van der Waals surface area contributed by atoms with Gasteiger partial charge in [0.15, 0.2) is 0 Å². The van der Waals surface area contributed by atoms with Crippen molar-refractivity contribution in [1.29, 1.82) is 0 Å². The van der Waals surface area contributed by atoms with Crippen molar-refractivity contribution < 1.29 is 17.9 Å². The molecule has 2 fully saturated rings. The van der Waals surface area contributed by atoms with E-state index in [-0.39, 0.29) is 11.0 Å². The third-order valence-electron chi connectivity index (χ3n) is 6.61. The molecule has 1 spiro atoms. The zero-order valence-corrected chi connectivity index (χ0v) is 17.0. The third kappa shape index (κ3) is 4.67. The van der Waals surface area contributed by atoms with Gasteiger partial charge in [0.1, 0.15) is 0 Å². The van der Waals surface area contributed by atoms with Crippen molar-refractivity contribution in [3.05, 3.63) is 59.7 Å². The van der Waals surface area contributed by atoms with E-state index in [9.17, 15) is 13.2 Å². The van der Waals surface area contributed by atoms with Crippen LogP contribution in [0.15, 0.2) is 42.7 Å². The lowest BCUT2D eigenvalue weighted by molar-refractivity contribution is -0.137. The number of alkyl halides is 3. The molecule has 0 amide bonds. The van der Waals surface area contributed by atoms with Gasteiger partial charge in [-0.25, -0.2) is 0 Å². The minimum atomic E-state index is -4.35. The second-order valence-electron chi connectivity index (χ2n) is 8.62. The summed E-state index contributed by atoms with van der Waals surface area (Å²) in [5, 5.41) is 3.37. The van der Waals surface area contributed by atoms with E-state index < -0.39 is 11.7 Å². The molecule has 0 unspecified atom stereocenters. The van der Waals surface area contributed by atoms with Gasteiger partial charge in [0, 0.05) is 36.7 Å². The van der Waals surface area contributed by atoms with Crippen molar-refractivity contribution in [3.8, 4) is 0 Å². The van der Waals surface area contributed by atoms with Gasteiger partial charge in [-0.2, -0.15) is 13.2 Å². The average molecular weight is 419 g/mol. The van der Waals surface area contributed by atoms with Crippen LogP contribution < -0.4 is 5.32 Å². The summed E-state index contributed by atoms with van der Waals surface area (Å²) >= 11 is 0. The molecule has 1 aliphatic carbocycles. The molecule has 0 radical (unpaired) electrons. The van der Waals surface area contributed by atoms with Crippen molar-refractivity contribution in [3.63, 3.8) is 0 Å². The summed E-state index contributed by atoms with van der Waals surface area (Å²) in [5.41, 5.74) is 0.947. The molecule has 2 aromatic heterocycles. The Bertz CT molecular complexity index is 820. The summed E-state index contributed by atoms with van der Waals surface area (Å²) in [4.78, 5) is 8.64. The van der Waals surface area contributed by atoms with Crippen LogP contribution >= 0.6 is 0 Å². The Morgan fingerprint density at radius 1 is 1.03 bits per heavy atom. The van der Waals surface area contributed by atoms with Crippen LogP contribution in [0.3, 0.4) is 0 Å². The zero-order chi connectivity index (χ0) is 21.1. The number of nitrogens with one attached hydrogen (secondary N) is 1. The predicted molar refractivity (Wildman–Crippen MR) is 108 cm³/mol. The summed E-state index contributed by atoms with van der Waals surface area (Å²) in [6.45, 7) is 1.93. The molecule has 1 N–H and O–H groups in total. The maximum atomic E-state index is 12.7. The van der Waals surface area contributed by atoms with Crippen LogP contribution in [0.2, 0.25) is 0 Å². The Balaban J connectivity index is 1.41. The molecular formula is C23H28F3N3O. The Hall–Kier alpha value is -1.99. The van der Waals surface area contributed by atoms with Gasteiger partial charge in [-0.05, 0) is 62.9 Å². The number of aromatic nitrogens is 2. The monoisotopic (exact) mass is 419 g/mol. The Kier molecular flexibility index (Phi) is 6.11. The molecule has 162 valence electrons. The molecule has 2 aromatic rings. The van der Waals surface area contributed by atoms with Crippen LogP contribution in [0, 0.1) is 0 Å². The first-order chi connectivity index (χ1) is 14.4. The average Bonchev–Trinajstić information content (AvgIpc) is 3.19. The van der Waals surface area contributed by atoms with Crippen LogP contribution in [0.1, 0.15) is 61.9 Å². The van der Waals surface area contributed by atoms with Gasteiger partial charge in [-0.1, -0.05) is 18.9 Å². The van der Waals surface area contributed by atoms with Gasteiger partial charge >= 0.3 is 6.18 Å². The second-order valence-corrected chi connectivity index (χ2v) is 8.62. The molecule has 0 aromatic carbocycles. The highest BCUT2D eigenvalue weighted by Gasteiger charge is 2.48. The SMILES string of the molecule is FC(F)(F)c1ccc(CNCC[C@@]2(c3ccccn3)CCOC3(CCCC3)C2)nc1. The molecule has 4 rings (SSSR count). The molecule has 7 heteroatoms. The largest absolute Gasteiger partial charge is 0.417 e. The number of hydrogen-bond donors (Lipinski definition) is 1. The minimum Gasteiger partial charge on any atom is -0.375 e. The number of rotatable bonds is 6. The number of pyridine rings is 2. The molecule has 2 aliphatic rings. The molecule has 30 heavy (non-hydrogen) atoms. The zero-order valence-electron chi connectivity index (χ0n) is 17.0. The van der Waals surface area contributed by atoms with Crippen LogP contribution in [0.25, 0.3) is 0 Å². The quantitative estimate of drug-likeness (QED) is 0.667. The summed E-state index contributed by atoms with van der Waals surface area (Å²) in [7, 11) is 0. The van der Waals surface area contributed by atoms with Crippen molar-refractivity contribution in [1.82, 2.24) is 15.3 Å². The Morgan fingerprint density at radius 3 is 2.53 bits per heavy atom. The van der Waals surface area contributed by atoms with E-state index in [1.165, 1.54) is 18.9 Å². The van der Waals surface area contributed by atoms with E-state index in [4.69, 9.17) is 9.72 Å². The number of nitrogens with zero attached hydrogens (tertiary/aromatic N) is 2. The molecule has 1 saturated carbocycles. The maximum absolute atomic E-state index is 12.7. The van der Waals surface area contributed by atoms with Crippen molar-refractivity contribution >= 4 is 0 Å². The molecule has 1 saturated heterocycles. The van der Waals surface area contributed by atoms with Gasteiger partial charge in [0.2, 0.25) is 0 Å². The lowest BCUT2D eigenvalue weighted by atomic mass is 9.68. The highest BCUT2D eigenvalue weighted by atomic mass is 19.4. The predicted octanol–water partition coefficient (Wildman–Crippen LogP) is 5.04. The summed E-state index contributed by atoms with van der Waals surface area (Å²) in [5.74, 6) is 0. The maximum Gasteiger partial charge on any atom is 0.417 e. The van der Waals surface area contributed by atoms with Gasteiger partial charge in [-0.3, -0.25) is 9.97 Å². The van der Waals surface area contributed by atoms with E-state index in [0.29, 0.717) is 12.2 Å². The summed E-state index contributed by atoms with van der Waals surface area (Å²) in [6, 6.07) is 8.62. The van der Waals surface area contributed by atoms with E-state index in [2.05, 4.69) is 16.4 Å². The number of ether oxygens (including phenoxy) is 1. The smallest absolute Gasteiger partial charge is 0.375 e. The van der Waals surface area contributed by atoms with Gasteiger partial charge in [0.05, 0.1) is 16.9 Å². The first-order valence-corrected chi connectivity index (χ1v) is 10.7. The topological polar surface area (TPSA) is 47.0 Å². The minimum absolute atomic E-state index is 0.0231. The van der Waals surface area contributed by atoms with Crippen LogP contribution in [-0.2, 0) is 22.9 Å². The normalized spacial score (nSPS) is 23.7. The Labute approximate surface area is 175 Å². The number of hydrogen-bond acceptors (Lipinski definition) is 4. The third-order valence-corrected chi connectivity index (χ3v) is 6.61. The Morgan fingerprint density at radius 2 is 1.87 bits per heavy atom. The van der Waals surface area contributed by atoms with Gasteiger partial charge in [-0.15, -0.1) is 0 Å². The fourth-order valence-electron chi connectivity index (χ4n) is 5.04. The van der Waals surface area contributed by atoms with Crippen molar-refractivity contribution in [2.45, 2.75) is 68.7 Å². The van der Waals surface area contributed by atoms with Crippen LogP contribution in [0.5, 0.6) is 0 Å². The fourth-order valence-corrected chi connectivity index (χ4v) is 5.04. The standard InChI is InChI=1S/C23H28F3N3O/c24-23(25,26)18-6-7-19(29-15-18)16-27-13-10-21(20-5-1-4-12-28-20)11-14-30-22(17-21)8-2-3-9-22/h1,4-7,12,15,27H,2-3,8-11,13-14,16-17H2/t21-/m1/s1. The van der Waals surface area contributed by atoms with E-state index in [1.54, 1.807) is 0 Å². The van der Waals surface area contributed by atoms with E-state index in [1.807, 2.05) is 18.3 Å². The molecule has 3 heterocycles. The fraction of sp³-hybridized carbons (Fsp3) is 0.565. The molecule has 1 atom stereocenters. The van der Waals surface area contributed by atoms with Gasteiger partial charge in [0.25, 0.3) is 0 Å². The highest BCUT2D eigenvalue weighted by Crippen LogP contribution is 2.49. The first kappa shape index (κ1) is 21.2. The second kappa shape index (κ2) is 8.63. The molecular weight excluding hydrogens is 391 g/mol. The van der Waals surface area contributed by atoms with Crippen LogP contribution in [0.4, 0.5) is 13.2 Å². The molecule has 1 aliphatic heterocycles. The van der Waals surface area contributed by atoms with E-state index in [0.717, 1.165) is 63.2 Å². The number of halogens is 3. The lowest BCUT2D eigenvalue weighted by Gasteiger charge is -2.46. The van der Waals surface area contributed by atoms with Gasteiger partial charge < -0.3 is 10.1 Å². The molecule has 0 bridgehead atoms.